The summed E-state index contributed by atoms with van der Waals surface area (Å²) < 4.78 is 5.50. The maximum Gasteiger partial charge on any atom is 0.317 e. The molecule has 0 saturated carbocycles. The number of rotatable bonds is 5. The molecule has 24 heavy (non-hydrogen) atoms. The zero-order valence-corrected chi connectivity index (χ0v) is 15.4. The predicted molar refractivity (Wildman–Crippen MR) is 95.6 cm³/mol. The van der Waals surface area contributed by atoms with Crippen molar-refractivity contribution in [3.05, 3.63) is 39.9 Å². The molecule has 2 rings (SSSR count). The van der Waals surface area contributed by atoms with Gasteiger partial charge in [0.05, 0.1) is 12.1 Å². The van der Waals surface area contributed by atoms with Gasteiger partial charge in [0.15, 0.2) is 5.13 Å². The molecule has 0 radical (unpaired) electrons. The van der Waals surface area contributed by atoms with Crippen molar-refractivity contribution in [3.8, 4) is 5.75 Å². The maximum absolute atomic E-state index is 12.2. The number of thiazole rings is 1. The topological polar surface area (TPSA) is 68.3 Å². The average Bonchev–Trinajstić information content (AvgIpc) is 2.89. The SMILES string of the molecule is Cc1cc(C)c(OC(=O)Cc2csc(NC(=O)C(C)C)n2)c(C)c1. The first-order chi connectivity index (χ1) is 11.3. The fourth-order valence-corrected chi connectivity index (χ4v) is 3.03. The Kier molecular flexibility index (Phi) is 5.72. The van der Waals surface area contributed by atoms with Crippen LogP contribution in [0.2, 0.25) is 0 Å². The summed E-state index contributed by atoms with van der Waals surface area (Å²) in [6.45, 7) is 9.48. The Morgan fingerprint density at radius 1 is 1.21 bits per heavy atom. The molecule has 1 aromatic heterocycles. The zero-order chi connectivity index (χ0) is 17.9. The molecular weight excluding hydrogens is 324 g/mol. The Bertz CT molecular complexity index is 742. The summed E-state index contributed by atoms with van der Waals surface area (Å²) in [5, 5.41) is 4.98. The number of amides is 1. The number of nitrogens with one attached hydrogen (secondary N) is 1. The van der Waals surface area contributed by atoms with Crippen LogP contribution in [0, 0.1) is 26.7 Å². The minimum atomic E-state index is -0.364. The van der Waals surface area contributed by atoms with Crippen molar-refractivity contribution in [1.82, 2.24) is 4.98 Å². The van der Waals surface area contributed by atoms with Crippen LogP contribution in [0.4, 0.5) is 5.13 Å². The smallest absolute Gasteiger partial charge is 0.317 e. The number of hydrogen-bond donors (Lipinski definition) is 1. The van der Waals surface area contributed by atoms with E-state index in [0.717, 1.165) is 16.7 Å². The largest absolute Gasteiger partial charge is 0.426 e. The molecule has 0 bridgehead atoms. The van der Waals surface area contributed by atoms with Crippen LogP contribution in [0.25, 0.3) is 0 Å². The summed E-state index contributed by atoms with van der Waals surface area (Å²) in [7, 11) is 0. The second-order valence-electron chi connectivity index (χ2n) is 6.17. The zero-order valence-electron chi connectivity index (χ0n) is 14.6. The first-order valence-corrected chi connectivity index (χ1v) is 8.68. The highest BCUT2D eigenvalue weighted by atomic mass is 32.1. The summed E-state index contributed by atoms with van der Waals surface area (Å²) in [4.78, 5) is 28.1. The fraction of sp³-hybridized carbons (Fsp3) is 0.389. The first-order valence-electron chi connectivity index (χ1n) is 7.80. The van der Waals surface area contributed by atoms with Gasteiger partial charge in [-0.25, -0.2) is 4.98 Å². The first kappa shape index (κ1) is 18.1. The van der Waals surface area contributed by atoms with Crippen molar-refractivity contribution in [1.29, 1.82) is 0 Å². The summed E-state index contributed by atoms with van der Waals surface area (Å²) in [6.07, 6.45) is 0.0702. The highest BCUT2D eigenvalue weighted by Gasteiger charge is 2.15. The Morgan fingerprint density at radius 2 is 1.83 bits per heavy atom. The number of carbonyl (C=O) groups excluding carboxylic acids is 2. The number of anilines is 1. The van der Waals surface area contributed by atoms with Gasteiger partial charge in [-0.2, -0.15) is 0 Å². The lowest BCUT2D eigenvalue weighted by Gasteiger charge is -2.11. The lowest BCUT2D eigenvalue weighted by Crippen LogP contribution is -2.17. The summed E-state index contributed by atoms with van der Waals surface area (Å²) in [5.41, 5.74) is 3.59. The summed E-state index contributed by atoms with van der Waals surface area (Å²) in [5.74, 6) is 0.0328. The van der Waals surface area contributed by atoms with E-state index in [-0.39, 0.29) is 24.2 Å². The molecule has 2 aromatic rings. The Labute approximate surface area is 146 Å². The molecule has 0 unspecified atom stereocenters. The molecule has 1 amide bonds. The van der Waals surface area contributed by atoms with Gasteiger partial charge in [0.2, 0.25) is 5.91 Å². The number of esters is 1. The molecule has 0 fully saturated rings. The molecule has 1 aromatic carbocycles. The van der Waals surface area contributed by atoms with E-state index in [1.165, 1.54) is 11.3 Å². The van der Waals surface area contributed by atoms with E-state index < -0.39 is 0 Å². The van der Waals surface area contributed by atoms with E-state index in [1.807, 2.05) is 46.8 Å². The molecule has 5 nitrogen and oxygen atoms in total. The van der Waals surface area contributed by atoms with Crippen LogP contribution >= 0.6 is 11.3 Å². The number of ether oxygens (including phenoxy) is 1. The van der Waals surface area contributed by atoms with Crippen LogP contribution in [0.5, 0.6) is 5.75 Å². The van der Waals surface area contributed by atoms with Crippen molar-refractivity contribution in [2.45, 2.75) is 41.0 Å². The molecule has 0 atom stereocenters. The Morgan fingerprint density at radius 3 is 2.42 bits per heavy atom. The molecule has 0 aliphatic carbocycles. The number of aromatic nitrogens is 1. The number of nitrogens with zero attached hydrogens (tertiary/aromatic N) is 1. The second kappa shape index (κ2) is 7.57. The van der Waals surface area contributed by atoms with Gasteiger partial charge in [-0.15, -0.1) is 11.3 Å². The van der Waals surface area contributed by atoms with Gasteiger partial charge < -0.3 is 10.1 Å². The van der Waals surface area contributed by atoms with Crippen LogP contribution in [0.15, 0.2) is 17.5 Å². The normalized spacial score (nSPS) is 10.8. The highest BCUT2D eigenvalue weighted by Crippen LogP contribution is 2.25. The van der Waals surface area contributed by atoms with Gasteiger partial charge in [-0.1, -0.05) is 31.5 Å². The highest BCUT2D eigenvalue weighted by molar-refractivity contribution is 7.13. The van der Waals surface area contributed by atoms with E-state index in [2.05, 4.69) is 10.3 Å². The molecule has 1 heterocycles. The molecule has 0 saturated heterocycles. The van der Waals surface area contributed by atoms with Crippen LogP contribution < -0.4 is 10.1 Å². The van der Waals surface area contributed by atoms with Gasteiger partial charge >= 0.3 is 5.97 Å². The lowest BCUT2D eigenvalue weighted by atomic mass is 10.1. The molecular formula is C18H22N2O3S. The van der Waals surface area contributed by atoms with Crippen molar-refractivity contribution >= 4 is 28.3 Å². The van der Waals surface area contributed by atoms with Gasteiger partial charge in [0.1, 0.15) is 5.75 Å². The Hall–Kier alpha value is -2.21. The molecule has 6 heteroatoms. The fourth-order valence-electron chi connectivity index (χ4n) is 2.32. The van der Waals surface area contributed by atoms with Crippen molar-refractivity contribution in [2.24, 2.45) is 5.92 Å². The quantitative estimate of drug-likeness (QED) is 0.660. The molecule has 128 valence electrons. The van der Waals surface area contributed by atoms with E-state index in [4.69, 9.17) is 4.74 Å². The number of benzene rings is 1. The van der Waals surface area contributed by atoms with Crippen molar-refractivity contribution in [3.63, 3.8) is 0 Å². The lowest BCUT2D eigenvalue weighted by molar-refractivity contribution is -0.133. The van der Waals surface area contributed by atoms with Gasteiger partial charge in [-0.05, 0) is 31.9 Å². The third-order valence-electron chi connectivity index (χ3n) is 3.45. The molecule has 0 spiro atoms. The summed E-state index contributed by atoms with van der Waals surface area (Å²) in [6, 6.07) is 3.97. The maximum atomic E-state index is 12.2. The second-order valence-corrected chi connectivity index (χ2v) is 7.02. The number of aryl methyl sites for hydroxylation is 3. The van der Waals surface area contributed by atoms with E-state index >= 15 is 0 Å². The van der Waals surface area contributed by atoms with Crippen LogP contribution in [0.3, 0.4) is 0 Å². The van der Waals surface area contributed by atoms with Gasteiger partial charge in [0, 0.05) is 11.3 Å². The van der Waals surface area contributed by atoms with Gasteiger partial charge in [0.25, 0.3) is 0 Å². The van der Waals surface area contributed by atoms with Crippen molar-refractivity contribution < 1.29 is 14.3 Å². The van der Waals surface area contributed by atoms with Crippen LogP contribution in [-0.4, -0.2) is 16.9 Å². The molecule has 1 N–H and O–H groups in total. The summed E-state index contributed by atoms with van der Waals surface area (Å²) >= 11 is 1.30. The Balaban J connectivity index is 2.01. The predicted octanol–water partition coefficient (Wildman–Crippen LogP) is 3.81. The van der Waals surface area contributed by atoms with E-state index in [1.54, 1.807) is 5.38 Å². The van der Waals surface area contributed by atoms with Crippen LogP contribution in [-0.2, 0) is 16.0 Å². The van der Waals surface area contributed by atoms with Crippen LogP contribution in [0.1, 0.15) is 36.2 Å². The minimum Gasteiger partial charge on any atom is -0.426 e. The third-order valence-corrected chi connectivity index (χ3v) is 4.26. The molecule has 0 aliphatic heterocycles. The number of carbonyl (C=O) groups is 2. The number of hydrogen-bond acceptors (Lipinski definition) is 5. The average molecular weight is 346 g/mol. The van der Waals surface area contributed by atoms with Crippen molar-refractivity contribution in [2.75, 3.05) is 5.32 Å². The molecule has 0 aliphatic rings. The minimum absolute atomic E-state index is 0.0702. The standard InChI is InChI=1S/C18H22N2O3S/c1-10(2)17(22)20-18-19-14(9-24-18)8-15(21)23-16-12(4)6-11(3)7-13(16)5/h6-7,9-10H,8H2,1-5H3,(H,19,20,22). The van der Waals surface area contributed by atoms with E-state index in [9.17, 15) is 9.59 Å². The van der Waals surface area contributed by atoms with E-state index in [0.29, 0.717) is 16.6 Å². The third kappa shape index (κ3) is 4.64. The monoisotopic (exact) mass is 346 g/mol. The van der Waals surface area contributed by atoms with Gasteiger partial charge in [-0.3, -0.25) is 9.59 Å².